The summed E-state index contributed by atoms with van der Waals surface area (Å²) >= 11 is 17.9. The predicted molar refractivity (Wildman–Crippen MR) is 96.0 cm³/mol. The maximum Gasteiger partial charge on any atom is 0.322 e. The van der Waals surface area contributed by atoms with Crippen molar-refractivity contribution in [3.05, 3.63) is 56.8 Å². The van der Waals surface area contributed by atoms with E-state index in [4.69, 9.17) is 34.8 Å². The first-order chi connectivity index (χ1) is 11.5. The molecule has 4 nitrogen and oxygen atoms in total. The zero-order chi connectivity index (χ0) is 16.8. The topological polar surface area (TPSA) is 45.2 Å². The van der Waals surface area contributed by atoms with Gasteiger partial charge in [-0.1, -0.05) is 34.8 Å². The van der Waals surface area contributed by atoms with Crippen molar-refractivity contribution >= 4 is 46.5 Å². The van der Waals surface area contributed by atoms with Crippen molar-refractivity contribution in [2.45, 2.75) is 31.3 Å². The molecule has 1 fully saturated rings. The number of nitrogens with one attached hydrogen (secondary N) is 1. The molecule has 1 saturated heterocycles. The molecule has 4 rings (SSSR count). The van der Waals surface area contributed by atoms with Gasteiger partial charge >= 0.3 is 6.03 Å². The number of amides is 2. The molecule has 24 heavy (non-hydrogen) atoms. The number of benzene rings is 1. The minimum Gasteiger partial charge on any atom is -0.314 e. The van der Waals surface area contributed by atoms with Crippen LogP contribution in [0, 0.1) is 0 Å². The zero-order valence-electron chi connectivity index (χ0n) is 12.6. The second kappa shape index (κ2) is 6.10. The van der Waals surface area contributed by atoms with Crippen LogP contribution in [0.3, 0.4) is 0 Å². The first-order valence-corrected chi connectivity index (χ1v) is 8.85. The summed E-state index contributed by atoms with van der Waals surface area (Å²) in [6.45, 7) is 0. The van der Waals surface area contributed by atoms with Crippen LogP contribution in [0.4, 0.5) is 10.5 Å². The molecule has 1 N–H and O–H groups in total. The highest BCUT2D eigenvalue weighted by atomic mass is 35.5. The summed E-state index contributed by atoms with van der Waals surface area (Å²) in [7, 11) is 0. The van der Waals surface area contributed by atoms with Crippen LogP contribution in [0.1, 0.15) is 30.0 Å². The van der Waals surface area contributed by atoms with E-state index in [-0.39, 0.29) is 18.1 Å². The van der Waals surface area contributed by atoms with Crippen molar-refractivity contribution in [2.24, 2.45) is 0 Å². The van der Waals surface area contributed by atoms with Gasteiger partial charge in [-0.2, -0.15) is 0 Å². The summed E-state index contributed by atoms with van der Waals surface area (Å²) in [6, 6.07) is 7.09. The number of hydrogen-bond acceptors (Lipinski definition) is 2. The third-order valence-corrected chi connectivity index (χ3v) is 5.66. The number of urea groups is 1. The van der Waals surface area contributed by atoms with E-state index in [9.17, 15) is 4.79 Å². The second-order valence-corrected chi connectivity index (χ2v) is 7.32. The lowest BCUT2D eigenvalue weighted by atomic mass is 9.95. The van der Waals surface area contributed by atoms with Gasteiger partial charge in [-0.15, -0.1) is 0 Å². The van der Waals surface area contributed by atoms with Crippen LogP contribution in [-0.2, 0) is 6.42 Å². The number of hydrogen-bond donors (Lipinski definition) is 1. The molecule has 0 aliphatic carbocycles. The molecule has 2 atom stereocenters. The number of carbonyl (C=O) groups is 1. The van der Waals surface area contributed by atoms with Crippen LogP contribution in [0.15, 0.2) is 30.5 Å². The molecule has 3 heterocycles. The minimum atomic E-state index is -0.124. The molecule has 2 unspecified atom stereocenters. The third-order valence-electron chi connectivity index (χ3n) is 4.71. The van der Waals surface area contributed by atoms with Gasteiger partial charge in [0.05, 0.1) is 16.1 Å². The standard InChI is InChI=1S/C17H14Cl3N3O/c18-13-3-1-10(7-14(13)19)22-17(24)23-11-2-4-15(23)12-8-21-16(20)6-9(12)5-11/h1,3,6-8,11,15H,2,4-5H2,(H,22,24). The average Bonchev–Trinajstić information content (AvgIpc) is 2.86. The molecule has 1 aromatic carbocycles. The minimum absolute atomic E-state index is 0.0475. The van der Waals surface area contributed by atoms with Crippen LogP contribution in [0.5, 0.6) is 0 Å². The van der Waals surface area contributed by atoms with Gasteiger partial charge in [0.25, 0.3) is 0 Å². The Hall–Kier alpha value is -1.49. The lowest BCUT2D eigenvalue weighted by Gasteiger charge is -2.36. The number of nitrogens with zero attached hydrogens (tertiary/aromatic N) is 2. The second-order valence-electron chi connectivity index (χ2n) is 6.12. The largest absolute Gasteiger partial charge is 0.322 e. The monoisotopic (exact) mass is 381 g/mol. The number of halogens is 3. The van der Waals surface area contributed by atoms with E-state index in [2.05, 4.69) is 10.3 Å². The number of carbonyl (C=O) groups excluding carboxylic acids is 1. The number of aromatic nitrogens is 1. The van der Waals surface area contributed by atoms with E-state index in [1.54, 1.807) is 24.4 Å². The van der Waals surface area contributed by atoms with E-state index < -0.39 is 0 Å². The molecular weight excluding hydrogens is 369 g/mol. The van der Waals surface area contributed by atoms with Crippen molar-refractivity contribution in [1.82, 2.24) is 9.88 Å². The van der Waals surface area contributed by atoms with Gasteiger partial charge in [0.1, 0.15) is 5.15 Å². The number of fused-ring (bicyclic) bond motifs is 4. The fourth-order valence-corrected chi connectivity index (χ4v) is 4.15. The predicted octanol–water partition coefficient (Wildman–Crippen LogP) is 5.34. The molecule has 0 spiro atoms. The van der Waals surface area contributed by atoms with Crippen molar-refractivity contribution in [3.8, 4) is 0 Å². The van der Waals surface area contributed by atoms with E-state index >= 15 is 0 Å². The number of anilines is 1. The van der Waals surface area contributed by atoms with Crippen molar-refractivity contribution in [1.29, 1.82) is 0 Å². The van der Waals surface area contributed by atoms with Crippen LogP contribution in [0.2, 0.25) is 15.2 Å². The Morgan fingerprint density at radius 3 is 2.79 bits per heavy atom. The number of rotatable bonds is 1. The Labute approximate surface area is 154 Å². The first kappa shape index (κ1) is 16.0. The molecule has 2 bridgehead atoms. The Morgan fingerprint density at radius 1 is 1.17 bits per heavy atom. The summed E-state index contributed by atoms with van der Waals surface area (Å²) in [5.41, 5.74) is 2.92. The van der Waals surface area contributed by atoms with Gasteiger partial charge in [0, 0.05) is 17.9 Å². The Balaban J connectivity index is 1.59. The zero-order valence-corrected chi connectivity index (χ0v) is 14.9. The first-order valence-electron chi connectivity index (χ1n) is 7.71. The Morgan fingerprint density at radius 2 is 2.00 bits per heavy atom. The fourth-order valence-electron chi connectivity index (χ4n) is 3.67. The highest BCUT2D eigenvalue weighted by molar-refractivity contribution is 6.42. The van der Waals surface area contributed by atoms with Crippen LogP contribution in [-0.4, -0.2) is 22.0 Å². The summed E-state index contributed by atoms with van der Waals surface area (Å²) in [5.74, 6) is 0. The molecule has 2 aliphatic rings. The molecule has 124 valence electrons. The normalized spacial score (nSPS) is 21.5. The van der Waals surface area contributed by atoms with E-state index in [1.165, 1.54) is 5.56 Å². The molecule has 1 aromatic heterocycles. The summed E-state index contributed by atoms with van der Waals surface area (Å²) in [5, 5.41) is 4.30. The van der Waals surface area contributed by atoms with E-state index in [0.29, 0.717) is 20.9 Å². The van der Waals surface area contributed by atoms with Crippen molar-refractivity contribution < 1.29 is 4.79 Å². The lowest BCUT2D eigenvalue weighted by Crippen LogP contribution is -2.44. The quantitative estimate of drug-likeness (QED) is 0.677. The average molecular weight is 383 g/mol. The molecule has 7 heteroatoms. The number of pyridine rings is 1. The Bertz CT molecular complexity index is 827. The fraction of sp³-hybridized carbons (Fsp3) is 0.294. The van der Waals surface area contributed by atoms with Crippen molar-refractivity contribution in [2.75, 3.05) is 5.32 Å². The summed E-state index contributed by atoms with van der Waals surface area (Å²) in [4.78, 5) is 18.9. The van der Waals surface area contributed by atoms with Crippen LogP contribution < -0.4 is 5.32 Å². The van der Waals surface area contributed by atoms with Gasteiger partial charge in [0.2, 0.25) is 0 Å². The van der Waals surface area contributed by atoms with Gasteiger partial charge in [0.15, 0.2) is 0 Å². The summed E-state index contributed by atoms with van der Waals surface area (Å²) in [6.07, 6.45) is 4.52. The molecular formula is C17H14Cl3N3O. The SMILES string of the molecule is O=C(Nc1ccc(Cl)c(Cl)c1)N1C2CCC1c1cnc(Cl)cc1C2. The molecule has 0 radical (unpaired) electrons. The smallest absolute Gasteiger partial charge is 0.314 e. The summed E-state index contributed by atoms with van der Waals surface area (Å²) < 4.78 is 0. The highest BCUT2D eigenvalue weighted by Crippen LogP contribution is 2.44. The maximum atomic E-state index is 12.8. The van der Waals surface area contributed by atoms with E-state index in [0.717, 1.165) is 24.8 Å². The maximum absolute atomic E-state index is 12.8. The molecule has 2 aromatic rings. The Kier molecular flexibility index (Phi) is 4.07. The van der Waals surface area contributed by atoms with Gasteiger partial charge in [-0.25, -0.2) is 9.78 Å². The molecule has 2 amide bonds. The molecule has 0 saturated carbocycles. The van der Waals surface area contributed by atoms with Gasteiger partial charge in [-0.05, 0) is 54.7 Å². The van der Waals surface area contributed by atoms with Crippen molar-refractivity contribution in [3.63, 3.8) is 0 Å². The van der Waals surface area contributed by atoms with Crippen LogP contribution in [0.25, 0.3) is 0 Å². The lowest BCUT2D eigenvalue weighted by molar-refractivity contribution is 0.179. The molecule has 2 aliphatic heterocycles. The van der Waals surface area contributed by atoms with Gasteiger partial charge in [-0.3, -0.25) is 0 Å². The van der Waals surface area contributed by atoms with Gasteiger partial charge < -0.3 is 10.2 Å². The highest BCUT2D eigenvalue weighted by Gasteiger charge is 2.42. The van der Waals surface area contributed by atoms with Crippen LogP contribution >= 0.6 is 34.8 Å². The third kappa shape index (κ3) is 2.73. The van der Waals surface area contributed by atoms with E-state index in [1.807, 2.05) is 11.0 Å².